The molecule has 16 nitrogen and oxygen atoms in total. The molecule has 5 atom stereocenters. The molecule has 2 saturated heterocycles. The molecule has 0 aliphatic carbocycles. The van der Waals surface area contributed by atoms with E-state index in [0.717, 1.165) is 11.8 Å². The molecule has 2 aromatic heterocycles. The quantitative estimate of drug-likeness (QED) is 0.160. The highest BCUT2D eigenvalue weighted by atomic mass is 32.2. The minimum Gasteiger partial charge on any atom is -0.395 e. The standard InChI is InChI=1S/C22H35N6O10PS/c1-21(2,11-29)19(32)40-9-8-36-39(34,27-4-6-35-7-5-27)37-10-13-15(30)22(3,33)18(38-13)28-12-24-14-16(28)25-20(23)26-17(14)31/h12-13,15,18,29-30,33H,4-11H2,1-3H3,(H3,23,25,26,31)/t13-,15-,18-,22-,39?/m0/s1. The molecule has 0 radical (unpaired) electrons. The van der Waals surface area contributed by atoms with E-state index in [4.69, 9.17) is 24.3 Å². The molecule has 2 aliphatic heterocycles. The molecule has 2 fully saturated rings. The number of nitrogens with zero attached hydrogens (tertiary/aromatic N) is 4. The van der Waals surface area contributed by atoms with Crippen LogP contribution in [-0.4, -0.2) is 114 Å². The molecule has 4 rings (SSSR count). The SMILES string of the molecule is CC(C)(CO)C(=O)SCCOP(=O)(OC[C@@H]1O[C@H](n2cnc3c(=O)[nH]c(N)nc32)[C@@](C)(O)[C@H]1O)N1CCOCC1. The maximum atomic E-state index is 13.9. The van der Waals surface area contributed by atoms with Crippen molar-refractivity contribution in [3.8, 4) is 0 Å². The van der Waals surface area contributed by atoms with E-state index < -0.39 is 49.4 Å². The number of carbonyl (C=O) groups excluding carboxylic acids is 1. The highest BCUT2D eigenvalue weighted by Gasteiger charge is 2.54. The van der Waals surface area contributed by atoms with Crippen LogP contribution in [0.4, 0.5) is 5.95 Å². The zero-order chi connectivity index (χ0) is 29.3. The Morgan fingerprint density at radius 2 is 2.08 bits per heavy atom. The van der Waals surface area contributed by atoms with Gasteiger partial charge in [0.2, 0.25) is 5.95 Å². The maximum absolute atomic E-state index is 13.9. The van der Waals surface area contributed by atoms with Crippen LogP contribution in [0.2, 0.25) is 0 Å². The minimum atomic E-state index is -3.94. The van der Waals surface area contributed by atoms with Gasteiger partial charge in [-0.05, 0) is 20.8 Å². The number of aliphatic hydroxyl groups excluding tert-OH is 2. The average Bonchev–Trinajstić information content (AvgIpc) is 3.43. The summed E-state index contributed by atoms with van der Waals surface area (Å²) in [5, 5.41) is 31.2. The van der Waals surface area contributed by atoms with Crippen molar-refractivity contribution in [1.82, 2.24) is 24.2 Å². The number of nitrogens with one attached hydrogen (secondary N) is 1. The number of hydrogen-bond donors (Lipinski definition) is 5. The summed E-state index contributed by atoms with van der Waals surface area (Å²) in [5.41, 5.74) is 2.28. The number of H-pyrrole nitrogens is 1. The summed E-state index contributed by atoms with van der Waals surface area (Å²) in [6, 6.07) is 0. The van der Waals surface area contributed by atoms with E-state index in [1.165, 1.54) is 22.5 Å². The second-order valence-corrected chi connectivity index (χ2v) is 13.4. The number of fused-ring (bicyclic) bond motifs is 1. The van der Waals surface area contributed by atoms with Gasteiger partial charge in [0.05, 0.1) is 44.8 Å². The van der Waals surface area contributed by atoms with Crippen molar-refractivity contribution < 1.29 is 43.2 Å². The Balaban J connectivity index is 1.46. The van der Waals surface area contributed by atoms with Crippen molar-refractivity contribution in [2.75, 3.05) is 57.6 Å². The van der Waals surface area contributed by atoms with Crippen LogP contribution in [0.15, 0.2) is 11.1 Å². The number of aromatic amines is 1. The van der Waals surface area contributed by atoms with Crippen LogP contribution < -0.4 is 11.3 Å². The van der Waals surface area contributed by atoms with Crippen LogP contribution in [0.1, 0.15) is 27.0 Å². The summed E-state index contributed by atoms with van der Waals surface area (Å²) in [7, 11) is -3.94. The molecule has 0 amide bonds. The van der Waals surface area contributed by atoms with Crippen LogP contribution in [0.25, 0.3) is 11.2 Å². The Kier molecular flexibility index (Phi) is 9.41. The van der Waals surface area contributed by atoms with Crippen LogP contribution in [0.5, 0.6) is 0 Å². The van der Waals surface area contributed by atoms with E-state index in [2.05, 4.69) is 15.0 Å². The van der Waals surface area contributed by atoms with Crippen LogP contribution in [0, 0.1) is 5.41 Å². The van der Waals surface area contributed by atoms with Crippen molar-refractivity contribution in [2.24, 2.45) is 5.41 Å². The molecule has 0 bridgehead atoms. The molecule has 1 unspecified atom stereocenters. The molecule has 18 heteroatoms. The normalized spacial score (nSPS) is 27.7. The van der Waals surface area contributed by atoms with Gasteiger partial charge in [0.25, 0.3) is 5.56 Å². The number of hydrogen-bond acceptors (Lipinski definition) is 14. The van der Waals surface area contributed by atoms with Gasteiger partial charge in [0.1, 0.15) is 17.8 Å². The third-order valence-corrected chi connectivity index (χ3v) is 9.98. The zero-order valence-electron chi connectivity index (χ0n) is 22.4. The lowest BCUT2D eigenvalue weighted by molar-refractivity contribution is -0.119. The number of imidazole rings is 1. The Labute approximate surface area is 233 Å². The predicted octanol–water partition coefficient (Wildman–Crippen LogP) is -0.537. The van der Waals surface area contributed by atoms with Gasteiger partial charge in [-0.15, -0.1) is 0 Å². The van der Waals surface area contributed by atoms with Crippen molar-refractivity contribution >= 4 is 41.7 Å². The highest BCUT2D eigenvalue weighted by Crippen LogP contribution is 2.53. The first kappa shape index (κ1) is 31.0. The molecule has 0 aromatic carbocycles. The van der Waals surface area contributed by atoms with Crippen LogP contribution in [-0.2, 0) is 27.9 Å². The van der Waals surface area contributed by atoms with Crippen molar-refractivity contribution in [3.63, 3.8) is 0 Å². The first-order valence-electron chi connectivity index (χ1n) is 12.6. The number of rotatable bonds is 11. The second-order valence-electron chi connectivity index (χ2n) is 10.3. The van der Waals surface area contributed by atoms with Gasteiger partial charge in [-0.2, -0.15) is 4.98 Å². The molecule has 224 valence electrons. The number of thioether (sulfide) groups is 1. The number of ether oxygens (including phenoxy) is 2. The van der Waals surface area contributed by atoms with Gasteiger partial charge < -0.3 is 30.5 Å². The zero-order valence-corrected chi connectivity index (χ0v) is 24.1. The second kappa shape index (κ2) is 12.1. The Morgan fingerprint density at radius 1 is 1.38 bits per heavy atom. The first-order chi connectivity index (χ1) is 18.8. The van der Waals surface area contributed by atoms with Crippen molar-refractivity contribution in [1.29, 1.82) is 0 Å². The fourth-order valence-corrected chi connectivity index (χ4v) is 6.85. The lowest BCUT2D eigenvalue weighted by Gasteiger charge is -2.33. The number of aliphatic hydroxyl groups is 3. The van der Waals surface area contributed by atoms with Gasteiger partial charge in [-0.25, -0.2) is 14.2 Å². The molecule has 2 aliphatic rings. The third-order valence-electron chi connectivity index (χ3n) is 6.71. The van der Waals surface area contributed by atoms with E-state index in [-0.39, 0.29) is 54.3 Å². The molecule has 6 N–H and O–H groups in total. The first-order valence-corrected chi connectivity index (χ1v) is 15.1. The summed E-state index contributed by atoms with van der Waals surface area (Å²) in [6.45, 7) is 4.89. The number of aromatic nitrogens is 4. The van der Waals surface area contributed by atoms with Gasteiger partial charge in [0, 0.05) is 18.8 Å². The molecular formula is C22H35N6O10PS. The third kappa shape index (κ3) is 6.28. The Bertz CT molecular complexity index is 1310. The number of carbonyl (C=O) groups is 1. The molecule has 4 heterocycles. The molecule has 0 spiro atoms. The lowest BCUT2D eigenvalue weighted by atomic mass is 9.96. The predicted molar refractivity (Wildman–Crippen MR) is 143 cm³/mol. The number of nitrogens with two attached hydrogens (primary N) is 1. The smallest absolute Gasteiger partial charge is 0.395 e. The van der Waals surface area contributed by atoms with E-state index in [1.54, 1.807) is 13.8 Å². The number of nitrogen functional groups attached to an aromatic ring is 1. The van der Waals surface area contributed by atoms with Crippen LogP contribution >= 0.6 is 19.5 Å². The fourth-order valence-electron chi connectivity index (χ4n) is 4.21. The monoisotopic (exact) mass is 606 g/mol. The number of anilines is 1. The van der Waals surface area contributed by atoms with E-state index in [0.29, 0.717) is 13.2 Å². The molecule has 0 saturated carbocycles. The van der Waals surface area contributed by atoms with E-state index >= 15 is 0 Å². The summed E-state index contributed by atoms with van der Waals surface area (Å²) in [5.74, 6) is 0.00289. The lowest BCUT2D eigenvalue weighted by Crippen LogP contribution is -2.44. The fraction of sp³-hybridized carbons (Fsp3) is 0.727. The highest BCUT2D eigenvalue weighted by molar-refractivity contribution is 8.13. The number of morpholine rings is 1. The van der Waals surface area contributed by atoms with E-state index in [9.17, 15) is 29.5 Å². The molecule has 40 heavy (non-hydrogen) atoms. The van der Waals surface area contributed by atoms with E-state index in [1.807, 2.05) is 0 Å². The average molecular weight is 607 g/mol. The minimum absolute atomic E-state index is 0.0354. The summed E-state index contributed by atoms with van der Waals surface area (Å²) >= 11 is 0.951. The Morgan fingerprint density at radius 3 is 2.75 bits per heavy atom. The maximum Gasteiger partial charge on any atom is 0.408 e. The van der Waals surface area contributed by atoms with Gasteiger partial charge in [0.15, 0.2) is 22.5 Å². The van der Waals surface area contributed by atoms with Crippen LogP contribution in [0.3, 0.4) is 0 Å². The van der Waals surface area contributed by atoms with Gasteiger partial charge in [-0.1, -0.05) is 11.8 Å². The van der Waals surface area contributed by atoms with Gasteiger partial charge in [-0.3, -0.25) is 28.2 Å². The van der Waals surface area contributed by atoms with Crippen molar-refractivity contribution in [3.05, 3.63) is 16.7 Å². The summed E-state index contributed by atoms with van der Waals surface area (Å²) < 4.78 is 39.4. The van der Waals surface area contributed by atoms with Crippen molar-refractivity contribution in [2.45, 2.75) is 44.8 Å². The van der Waals surface area contributed by atoms with Gasteiger partial charge >= 0.3 is 7.75 Å². The summed E-state index contributed by atoms with van der Waals surface area (Å²) in [4.78, 5) is 34.9. The summed E-state index contributed by atoms with van der Waals surface area (Å²) in [6.07, 6.45) is -2.66. The molecular weight excluding hydrogens is 571 g/mol. The topological polar surface area (TPSA) is 225 Å². The largest absolute Gasteiger partial charge is 0.408 e. The Hall–Kier alpha value is -1.92. The molecule has 2 aromatic rings.